The molecular weight excluding hydrogens is 280 g/mol. The van der Waals surface area contributed by atoms with Gasteiger partial charge in [-0.15, -0.1) is 0 Å². The molecule has 0 bridgehead atoms. The Morgan fingerprint density at radius 2 is 2.23 bits per heavy atom. The minimum Gasteiger partial charge on any atom is -0.394 e. The Morgan fingerprint density at radius 1 is 1.45 bits per heavy atom. The van der Waals surface area contributed by atoms with Gasteiger partial charge in [0.1, 0.15) is 0 Å². The van der Waals surface area contributed by atoms with Gasteiger partial charge in [0.25, 0.3) is 0 Å². The summed E-state index contributed by atoms with van der Waals surface area (Å²) in [5.41, 5.74) is -0.561. The Hall–Kier alpha value is -1.56. The molecule has 6 nitrogen and oxygen atoms in total. The van der Waals surface area contributed by atoms with Crippen molar-refractivity contribution >= 4 is 6.03 Å². The highest BCUT2D eigenvalue weighted by molar-refractivity contribution is 5.75. The van der Waals surface area contributed by atoms with E-state index in [1.165, 1.54) is 0 Å². The number of aliphatic hydroxyl groups excluding tert-OH is 1. The van der Waals surface area contributed by atoms with Gasteiger partial charge < -0.3 is 15.7 Å². The Balaban J connectivity index is 1.96. The largest absolute Gasteiger partial charge is 0.394 e. The standard InChI is InChI=1S/C16H28N4O2/c1-3-9-16(2,12-21)19-15(22)18-13-7-4-5-8-14(13)20-11-6-10-17-20/h6,10-11,13-14,21H,3-5,7-9,12H2,1-2H3,(H2,18,19,22). The first-order valence-corrected chi connectivity index (χ1v) is 8.26. The molecule has 0 aromatic carbocycles. The van der Waals surface area contributed by atoms with Gasteiger partial charge in [0.2, 0.25) is 0 Å². The summed E-state index contributed by atoms with van der Waals surface area (Å²) in [6.45, 7) is 3.87. The van der Waals surface area contributed by atoms with Crippen LogP contribution < -0.4 is 10.6 Å². The van der Waals surface area contributed by atoms with Crippen LogP contribution in [0.15, 0.2) is 18.5 Å². The van der Waals surface area contributed by atoms with Gasteiger partial charge in [-0.25, -0.2) is 4.79 Å². The van der Waals surface area contributed by atoms with E-state index in [4.69, 9.17) is 0 Å². The highest BCUT2D eigenvalue weighted by Gasteiger charge is 2.30. The van der Waals surface area contributed by atoms with Crippen LogP contribution in [0.5, 0.6) is 0 Å². The highest BCUT2D eigenvalue weighted by atomic mass is 16.3. The number of hydrogen-bond donors (Lipinski definition) is 3. The SMILES string of the molecule is CCCC(C)(CO)NC(=O)NC1CCCCC1n1cccn1. The molecule has 1 fully saturated rings. The first-order valence-electron chi connectivity index (χ1n) is 8.26. The number of rotatable bonds is 6. The molecule has 0 radical (unpaired) electrons. The fourth-order valence-corrected chi connectivity index (χ4v) is 3.28. The van der Waals surface area contributed by atoms with Crippen molar-refractivity contribution in [3.63, 3.8) is 0 Å². The molecule has 0 spiro atoms. The zero-order valence-corrected chi connectivity index (χ0v) is 13.6. The van der Waals surface area contributed by atoms with Gasteiger partial charge in [0.15, 0.2) is 0 Å². The maximum Gasteiger partial charge on any atom is 0.315 e. The molecule has 3 atom stereocenters. The topological polar surface area (TPSA) is 79.2 Å². The number of nitrogens with one attached hydrogen (secondary N) is 2. The summed E-state index contributed by atoms with van der Waals surface area (Å²) in [6, 6.07) is 2.00. The second-order valence-electron chi connectivity index (χ2n) is 6.51. The predicted molar refractivity (Wildman–Crippen MR) is 85.6 cm³/mol. The van der Waals surface area contributed by atoms with Crippen LogP contribution in [0.4, 0.5) is 4.79 Å². The lowest BCUT2D eigenvalue weighted by Gasteiger charge is -2.34. The molecule has 1 saturated carbocycles. The van der Waals surface area contributed by atoms with Crippen molar-refractivity contribution < 1.29 is 9.90 Å². The Labute approximate surface area is 132 Å². The lowest BCUT2D eigenvalue weighted by Crippen LogP contribution is -2.55. The van der Waals surface area contributed by atoms with E-state index in [-0.39, 0.29) is 24.7 Å². The van der Waals surface area contributed by atoms with Gasteiger partial charge in [0.05, 0.1) is 24.2 Å². The zero-order chi connectivity index (χ0) is 16.0. The van der Waals surface area contributed by atoms with Crippen molar-refractivity contribution in [1.82, 2.24) is 20.4 Å². The highest BCUT2D eigenvalue weighted by Crippen LogP contribution is 2.28. The lowest BCUT2D eigenvalue weighted by molar-refractivity contribution is 0.157. The number of carbonyl (C=O) groups is 1. The van der Waals surface area contributed by atoms with Crippen molar-refractivity contribution in [3.8, 4) is 0 Å². The average molecular weight is 308 g/mol. The van der Waals surface area contributed by atoms with E-state index in [0.29, 0.717) is 0 Å². The molecule has 3 unspecified atom stereocenters. The Bertz CT molecular complexity index is 463. The smallest absolute Gasteiger partial charge is 0.315 e. The molecule has 1 aliphatic carbocycles. The maximum atomic E-state index is 12.3. The second-order valence-corrected chi connectivity index (χ2v) is 6.51. The minimum atomic E-state index is -0.561. The van der Waals surface area contributed by atoms with E-state index in [1.807, 2.05) is 30.8 Å². The van der Waals surface area contributed by atoms with Crippen LogP contribution >= 0.6 is 0 Å². The molecule has 2 amide bonds. The Kier molecular flexibility index (Phi) is 5.83. The van der Waals surface area contributed by atoms with Crippen molar-refractivity contribution in [1.29, 1.82) is 0 Å². The summed E-state index contributed by atoms with van der Waals surface area (Å²) in [6.07, 6.45) is 9.66. The quantitative estimate of drug-likeness (QED) is 0.754. The molecule has 1 heterocycles. The summed E-state index contributed by atoms with van der Waals surface area (Å²) in [7, 11) is 0. The normalized spacial score (nSPS) is 24.5. The van der Waals surface area contributed by atoms with Gasteiger partial charge in [-0.3, -0.25) is 4.68 Å². The van der Waals surface area contributed by atoms with Crippen molar-refractivity contribution in [3.05, 3.63) is 18.5 Å². The number of nitrogens with zero attached hydrogens (tertiary/aromatic N) is 2. The molecule has 1 aliphatic rings. The van der Waals surface area contributed by atoms with Gasteiger partial charge in [-0.05, 0) is 32.3 Å². The fraction of sp³-hybridized carbons (Fsp3) is 0.750. The molecule has 2 rings (SSSR count). The lowest BCUT2D eigenvalue weighted by atomic mass is 9.90. The number of urea groups is 1. The number of amides is 2. The number of aromatic nitrogens is 2. The molecule has 3 N–H and O–H groups in total. The molecule has 0 saturated heterocycles. The summed E-state index contributed by atoms with van der Waals surface area (Å²) in [5.74, 6) is 0. The minimum absolute atomic E-state index is 0.0541. The third-order valence-corrected chi connectivity index (χ3v) is 4.48. The fourth-order valence-electron chi connectivity index (χ4n) is 3.28. The van der Waals surface area contributed by atoms with Crippen LogP contribution in [0.25, 0.3) is 0 Å². The van der Waals surface area contributed by atoms with Gasteiger partial charge >= 0.3 is 6.03 Å². The van der Waals surface area contributed by atoms with Gasteiger partial charge in [-0.2, -0.15) is 5.10 Å². The van der Waals surface area contributed by atoms with Crippen LogP contribution in [0.1, 0.15) is 58.4 Å². The molecule has 6 heteroatoms. The molecule has 1 aromatic rings. The predicted octanol–water partition coefficient (Wildman–Crippen LogP) is 2.22. The van der Waals surface area contributed by atoms with Crippen molar-refractivity contribution in [2.45, 2.75) is 70.0 Å². The summed E-state index contributed by atoms with van der Waals surface area (Å²) in [5, 5.41) is 19.9. The van der Waals surface area contributed by atoms with E-state index in [9.17, 15) is 9.90 Å². The van der Waals surface area contributed by atoms with Crippen molar-refractivity contribution in [2.75, 3.05) is 6.61 Å². The average Bonchev–Trinajstić information content (AvgIpc) is 3.02. The summed E-state index contributed by atoms with van der Waals surface area (Å²) in [4.78, 5) is 12.3. The third kappa shape index (κ3) is 4.22. The Morgan fingerprint density at radius 3 is 2.86 bits per heavy atom. The number of aliphatic hydroxyl groups is 1. The number of carbonyl (C=O) groups excluding carboxylic acids is 1. The van der Waals surface area contributed by atoms with Crippen LogP contribution in [0.2, 0.25) is 0 Å². The monoisotopic (exact) mass is 308 g/mol. The first-order chi connectivity index (χ1) is 10.6. The van der Waals surface area contributed by atoms with E-state index < -0.39 is 5.54 Å². The third-order valence-electron chi connectivity index (χ3n) is 4.48. The molecule has 0 aliphatic heterocycles. The van der Waals surface area contributed by atoms with E-state index in [2.05, 4.69) is 15.7 Å². The second kappa shape index (κ2) is 7.63. The maximum absolute atomic E-state index is 12.3. The zero-order valence-electron chi connectivity index (χ0n) is 13.6. The van der Waals surface area contributed by atoms with E-state index >= 15 is 0 Å². The molecular formula is C16H28N4O2. The van der Waals surface area contributed by atoms with E-state index in [1.54, 1.807) is 6.20 Å². The van der Waals surface area contributed by atoms with Crippen LogP contribution in [-0.2, 0) is 0 Å². The van der Waals surface area contributed by atoms with Crippen LogP contribution in [0, 0.1) is 0 Å². The van der Waals surface area contributed by atoms with Gasteiger partial charge in [0, 0.05) is 12.4 Å². The van der Waals surface area contributed by atoms with Gasteiger partial charge in [-0.1, -0.05) is 26.2 Å². The van der Waals surface area contributed by atoms with E-state index in [0.717, 1.165) is 38.5 Å². The number of hydrogen-bond acceptors (Lipinski definition) is 3. The van der Waals surface area contributed by atoms with Crippen LogP contribution in [0.3, 0.4) is 0 Å². The summed E-state index contributed by atoms with van der Waals surface area (Å²) < 4.78 is 1.95. The van der Waals surface area contributed by atoms with Crippen LogP contribution in [-0.4, -0.2) is 39.1 Å². The molecule has 124 valence electrons. The first kappa shape index (κ1) is 16.8. The molecule has 22 heavy (non-hydrogen) atoms. The molecule has 1 aromatic heterocycles. The summed E-state index contributed by atoms with van der Waals surface area (Å²) >= 11 is 0. The van der Waals surface area contributed by atoms with Crippen molar-refractivity contribution in [2.24, 2.45) is 0 Å².